The summed E-state index contributed by atoms with van der Waals surface area (Å²) in [6.45, 7) is 10.7. The van der Waals surface area contributed by atoms with Crippen molar-refractivity contribution in [3.63, 3.8) is 0 Å². The molecule has 3 aromatic rings. The fourth-order valence-corrected chi connectivity index (χ4v) is 2.92. The molecule has 4 nitrogen and oxygen atoms in total. The molecule has 0 saturated carbocycles. The second-order valence-corrected chi connectivity index (χ2v) is 5.95. The summed E-state index contributed by atoms with van der Waals surface area (Å²) in [5.41, 5.74) is 6.68. The highest BCUT2D eigenvalue weighted by Gasteiger charge is 2.15. The topological polar surface area (TPSA) is 47.9 Å². The van der Waals surface area contributed by atoms with Gasteiger partial charge in [-0.2, -0.15) is 0 Å². The first kappa shape index (κ1) is 16.5. The van der Waals surface area contributed by atoms with Crippen LogP contribution in [0.1, 0.15) is 49.5 Å². The van der Waals surface area contributed by atoms with E-state index in [1.807, 2.05) is 52.0 Å². The van der Waals surface area contributed by atoms with Gasteiger partial charge in [-0.05, 0) is 58.9 Å². The largest absolute Gasteiger partial charge is 0.374 e. The molecule has 124 valence electrons. The zero-order valence-electron chi connectivity index (χ0n) is 14.9. The lowest BCUT2D eigenvalue weighted by Crippen LogP contribution is -2.04. The molecule has 0 aliphatic carbocycles. The van der Waals surface area contributed by atoms with Crippen molar-refractivity contribution in [2.75, 3.05) is 6.61 Å². The SMILES string of the molecule is C/C=C/c1nc2ccc3nc(C)c(C)nc3c2cc1C(C)OCC. The van der Waals surface area contributed by atoms with Crippen molar-refractivity contribution in [3.05, 3.63) is 46.9 Å². The van der Waals surface area contributed by atoms with Crippen LogP contribution in [0.25, 0.3) is 28.0 Å². The highest BCUT2D eigenvalue weighted by molar-refractivity contribution is 6.03. The lowest BCUT2D eigenvalue weighted by atomic mass is 10.0. The minimum absolute atomic E-state index is 0.0205. The van der Waals surface area contributed by atoms with Gasteiger partial charge in [-0.3, -0.25) is 0 Å². The molecular weight excluding hydrogens is 298 g/mol. The first-order valence-corrected chi connectivity index (χ1v) is 8.38. The average molecular weight is 321 g/mol. The monoisotopic (exact) mass is 321 g/mol. The highest BCUT2D eigenvalue weighted by Crippen LogP contribution is 2.29. The molecular formula is C20H23N3O. The Morgan fingerprint density at radius 3 is 2.50 bits per heavy atom. The van der Waals surface area contributed by atoms with Crippen molar-refractivity contribution in [1.82, 2.24) is 15.0 Å². The Balaban J connectivity index is 2.34. The van der Waals surface area contributed by atoms with Crippen LogP contribution in [0.15, 0.2) is 24.3 Å². The summed E-state index contributed by atoms with van der Waals surface area (Å²) in [5, 5.41) is 1.03. The van der Waals surface area contributed by atoms with E-state index in [9.17, 15) is 0 Å². The number of hydrogen-bond acceptors (Lipinski definition) is 4. The molecule has 0 aliphatic heterocycles. The minimum Gasteiger partial charge on any atom is -0.374 e. The summed E-state index contributed by atoms with van der Waals surface area (Å²) in [5.74, 6) is 0. The standard InChI is InChI=1S/C20H23N3O/c1-6-8-17-15(14(5)24-7-2)11-16-18(23-17)9-10-19-20(16)22-13(4)12(3)21-19/h6,8-11,14H,7H2,1-5H3/b8-6+. The van der Waals surface area contributed by atoms with E-state index in [2.05, 4.69) is 18.0 Å². The van der Waals surface area contributed by atoms with Gasteiger partial charge in [0.25, 0.3) is 0 Å². The van der Waals surface area contributed by atoms with Crippen molar-refractivity contribution in [2.24, 2.45) is 0 Å². The maximum atomic E-state index is 5.81. The highest BCUT2D eigenvalue weighted by atomic mass is 16.5. The number of pyridine rings is 1. The number of nitrogens with zero attached hydrogens (tertiary/aromatic N) is 3. The van der Waals surface area contributed by atoms with Gasteiger partial charge in [0, 0.05) is 17.6 Å². The van der Waals surface area contributed by atoms with Gasteiger partial charge in [0.2, 0.25) is 0 Å². The van der Waals surface area contributed by atoms with E-state index in [0.29, 0.717) is 6.61 Å². The molecule has 1 aromatic carbocycles. The first-order chi connectivity index (χ1) is 11.5. The van der Waals surface area contributed by atoms with Crippen LogP contribution in [0.4, 0.5) is 0 Å². The van der Waals surface area contributed by atoms with E-state index in [1.165, 1.54) is 0 Å². The summed E-state index contributed by atoms with van der Waals surface area (Å²) >= 11 is 0. The Morgan fingerprint density at radius 1 is 1.08 bits per heavy atom. The quantitative estimate of drug-likeness (QED) is 0.640. The Bertz CT molecular complexity index is 931. The lowest BCUT2D eigenvalue weighted by molar-refractivity contribution is 0.0761. The van der Waals surface area contributed by atoms with Crippen molar-refractivity contribution in [2.45, 2.75) is 40.7 Å². The molecule has 0 aliphatic rings. The molecule has 3 rings (SSSR count). The van der Waals surface area contributed by atoms with Crippen molar-refractivity contribution in [1.29, 1.82) is 0 Å². The number of aromatic nitrogens is 3. The first-order valence-electron chi connectivity index (χ1n) is 8.38. The molecule has 1 atom stereocenters. The van der Waals surface area contributed by atoms with E-state index in [0.717, 1.165) is 44.6 Å². The molecule has 2 heterocycles. The lowest BCUT2D eigenvalue weighted by Gasteiger charge is -2.16. The smallest absolute Gasteiger partial charge is 0.0984 e. The number of allylic oxidation sites excluding steroid dienone is 1. The van der Waals surface area contributed by atoms with Gasteiger partial charge in [-0.15, -0.1) is 0 Å². The minimum atomic E-state index is -0.0205. The summed E-state index contributed by atoms with van der Waals surface area (Å²) in [7, 11) is 0. The fraction of sp³-hybridized carbons (Fsp3) is 0.350. The van der Waals surface area contributed by atoms with Crippen LogP contribution in [-0.2, 0) is 4.74 Å². The molecule has 0 fully saturated rings. The van der Waals surface area contributed by atoms with E-state index >= 15 is 0 Å². The number of benzene rings is 1. The normalized spacial score (nSPS) is 13.2. The van der Waals surface area contributed by atoms with Crippen molar-refractivity contribution < 1.29 is 4.74 Å². The Morgan fingerprint density at radius 2 is 1.79 bits per heavy atom. The van der Waals surface area contributed by atoms with Gasteiger partial charge in [0.05, 0.1) is 39.7 Å². The van der Waals surface area contributed by atoms with Gasteiger partial charge in [0.15, 0.2) is 0 Å². The number of fused-ring (bicyclic) bond motifs is 3. The molecule has 0 radical (unpaired) electrons. The second-order valence-electron chi connectivity index (χ2n) is 5.95. The molecule has 0 saturated heterocycles. The van der Waals surface area contributed by atoms with Gasteiger partial charge in [-0.25, -0.2) is 15.0 Å². The molecule has 0 amide bonds. The van der Waals surface area contributed by atoms with Crippen LogP contribution in [-0.4, -0.2) is 21.6 Å². The molecule has 0 spiro atoms. The van der Waals surface area contributed by atoms with E-state index < -0.39 is 0 Å². The van der Waals surface area contributed by atoms with Gasteiger partial charge >= 0.3 is 0 Å². The molecule has 0 N–H and O–H groups in total. The number of ether oxygens (including phenoxy) is 1. The van der Waals surface area contributed by atoms with Crippen LogP contribution in [0.3, 0.4) is 0 Å². The molecule has 2 aromatic heterocycles. The summed E-state index contributed by atoms with van der Waals surface area (Å²) < 4.78 is 5.81. The molecule has 0 bridgehead atoms. The number of rotatable bonds is 4. The van der Waals surface area contributed by atoms with E-state index in [1.54, 1.807) is 0 Å². The summed E-state index contributed by atoms with van der Waals surface area (Å²) in [6, 6.07) is 6.17. The predicted molar refractivity (Wildman–Crippen MR) is 99.1 cm³/mol. The number of hydrogen-bond donors (Lipinski definition) is 0. The summed E-state index contributed by atoms with van der Waals surface area (Å²) in [6.07, 6.45) is 4.01. The maximum absolute atomic E-state index is 5.81. The van der Waals surface area contributed by atoms with Crippen LogP contribution in [0.5, 0.6) is 0 Å². The molecule has 1 unspecified atom stereocenters. The predicted octanol–water partition coefficient (Wildman–Crippen LogP) is 4.93. The average Bonchev–Trinajstić information content (AvgIpc) is 2.56. The summed E-state index contributed by atoms with van der Waals surface area (Å²) in [4.78, 5) is 14.3. The maximum Gasteiger partial charge on any atom is 0.0984 e. The van der Waals surface area contributed by atoms with Crippen LogP contribution in [0, 0.1) is 13.8 Å². The van der Waals surface area contributed by atoms with Gasteiger partial charge in [-0.1, -0.05) is 6.08 Å². The zero-order chi connectivity index (χ0) is 17.3. The molecule has 4 heteroatoms. The Kier molecular flexibility index (Phi) is 4.58. The molecule has 24 heavy (non-hydrogen) atoms. The van der Waals surface area contributed by atoms with E-state index in [4.69, 9.17) is 14.7 Å². The van der Waals surface area contributed by atoms with Gasteiger partial charge in [0.1, 0.15) is 0 Å². The third-order valence-corrected chi connectivity index (χ3v) is 4.28. The second kappa shape index (κ2) is 6.65. The number of aryl methyl sites for hydroxylation is 2. The third kappa shape index (κ3) is 2.89. The third-order valence-electron chi connectivity index (χ3n) is 4.28. The fourth-order valence-electron chi connectivity index (χ4n) is 2.92. The van der Waals surface area contributed by atoms with Crippen LogP contribution < -0.4 is 0 Å². The van der Waals surface area contributed by atoms with E-state index in [-0.39, 0.29) is 6.10 Å². The van der Waals surface area contributed by atoms with Crippen LogP contribution in [0.2, 0.25) is 0 Å². The Hall–Kier alpha value is -2.33. The zero-order valence-corrected chi connectivity index (χ0v) is 14.9. The van der Waals surface area contributed by atoms with Crippen molar-refractivity contribution in [3.8, 4) is 0 Å². The Labute approximate surface area is 142 Å². The van der Waals surface area contributed by atoms with Crippen LogP contribution >= 0.6 is 0 Å². The van der Waals surface area contributed by atoms with Crippen molar-refractivity contribution >= 4 is 28.0 Å². The van der Waals surface area contributed by atoms with Gasteiger partial charge < -0.3 is 4.74 Å².